The number of halogens is 1. The summed E-state index contributed by atoms with van der Waals surface area (Å²) < 4.78 is 8.71. The molecule has 3 atom stereocenters. The fourth-order valence-electron chi connectivity index (χ4n) is 6.82. The summed E-state index contributed by atoms with van der Waals surface area (Å²) in [5.41, 5.74) is 4.33. The van der Waals surface area contributed by atoms with Crippen molar-refractivity contribution >= 4 is 40.2 Å². The van der Waals surface area contributed by atoms with E-state index >= 15 is 0 Å². The summed E-state index contributed by atoms with van der Waals surface area (Å²) in [6.45, 7) is 14.2. The van der Waals surface area contributed by atoms with Crippen LogP contribution in [0.2, 0.25) is 5.04 Å². The van der Waals surface area contributed by atoms with Crippen LogP contribution in [-0.4, -0.2) is 14.4 Å². The van der Waals surface area contributed by atoms with E-state index in [1.54, 1.807) is 0 Å². The van der Waals surface area contributed by atoms with E-state index < -0.39 is 8.32 Å². The van der Waals surface area contributed by atoms with Gasteiger partial charge in [0.25, 0.3) is 8.32 Å². The van der Waals surface area contributed by atoms with Gasteiger partial charge in [-0.05, 0) is 81.3 Å². The second kappa shape index (κ2) is 9.17. The molecule has 5 rings (SSSR count). The standard InChI is InChI=1S/C32H37BrOSi/c1-23-21-32(22-25-16-17-26(33)20-29(25)24(32)2)19-18-30(23)34-35(31(3,4)5,27-12-8-6-9-13-27)28-14-10-7-11-15-28/h6-17,20,23,30H,2,18-19,21-22H2,1,3-5H3/t23-,30-,32-/m1/s1. The number of benzene rings is 3. The first-order chi connectivity index (χ1) is 16.7. The molecule has 0 amide bonds. The largest absolute Gasteiger partial charge is 0.404 e. The van der Waals surface area contributed by atoms with Crippen molar-refractivity contribution in [2.75, 3.05) is 0 Å². The molecule has 3 heteroatoms. The van der Waals surface area contributed by atoms with Gasteiger partial charge in [0.2, 0.25) is 0 Å². The monoisotopic (exact) mass is 544 g/mol. The Hall–Kier alpha value is -1.94. The van der Waals surface area contributed by atoms with Gasteiger partial charge in [0.15, 0.2) is 0 Å². The molecule has 0 unspecified atom stereocenters. The minimum Gasteiger partial charge on any atom is -0.404 e. The Morgan fingerprint density at radius 1 is 0.943 bits per heavy atom. The van der Waals surface area contributed by atoms with Crippen LogP contribution >= 0.6 is 15.9 Å². The van der Waals surface area contributed by atoms with Gasteiger partial charge in [-0.15, -0.1) is 0 Å². The van der Waals surface area contributed by atoms with Gasteiger partial charge >= 0.3 is 0 Å². The summed E-state index contributed by atoms with van der Waals surface area (Å²) in [5.74, 6) is 0.472. The predicted octanol–water partition coefficient (Wildman–Crippen LogP) is 7.77. The maximum Gasteiger partial charge on any atom is 0.261 e. The summed E-state index contributed by atoms with van der Waals surface area (Å²) in [4.78, 5) is 0. The lowest BCUT2D eigenvalue weighted by molar-refractivity contribution is 0.0512. The molecule has 1 nitrogen and oxygen atoms in total. The first-order valence-corrected chi connectivity index (χ1v) is 15.6. The van der Waals surface area contributed by atoms with Crippen LogP contribution in [0.3, 0.4) is 0 Å². The molecular weight excluding hydrogens is 508 g/mol. The van der Waals surface area contributed by atoms with Gasteiger partial charge < -0.3 is 4.43 Å². The van der Waals surface area contributed by atoms with Crippen LogP contribution in [0.4, 0.5) is 0 Å². The molecule has 0 aliphatic heterocycles. The SMILES string of the molecule is C=C1c2cc(Br)ccc2C[C@]12CC[C@@H](O[Si](c1ccccc1)(c1ccccc1)C(C)(C)C)[C@H](C)C2. The molecule has 3 aromatic rings. The Kier molecular flexibility index (Phi) is 6.48. The zero-order chi connectivity index (χ0) is 24.8. The van der Waals surface area contributed by atoms with Crippen LogP contribution in [0, 0.1) is 11.3 Å². The molecule has 2 aliphatic rings. The average molecular weight is 546 g/mol. The maximum absolute atomic E-state index is 7.56. The Morgan fingerprint density at radius 3 is 2.09 bits per heavy atom. The van der Waals surface area contributed by atoms with Gasteiger partial charge in [0.1, 0.15) is 0 Å². The Labute approximate surface area is 220 Å². The van der Waals surface area contributed by atoms with Gasteiger partial charge in [-0.25, -0.2) is 0 Å². The Morgan fingerprint density at radius 2 is 1.54 bits per heavy atom. The van der Waals surface area contributed by atoms with E-state index in [-0.39, 0.29) is 16.6 Å². The van der Waals surface area contributed by atoms with Crippen molar-refractivity contribution in [3.8, 4) is 0 Å². The van der Waals surface area contributed by atoms with Crippen molar-refractivity contribution < 1.29 is 4.43 Å². The van der Waals surface area contributed by atoms with Crippen molar-refractivity contribution in [2.45, 2.75) is 64.5 Å². The third-order valence-corrected chi connectivity index (χ3v) is 14.1. The van der Waals surface area contributed by atoms with E-state index in [0.717, 1.165) is 30.2 Å². The molecular formula is C32H37BrOSi. The second-order valence-corrected chi connectivity index (χ2v) is 16.9. The molecule has 0 bridgehead atoms. The molecule has 182 valence electrons. The van der Waals surface area contributed by atoms with Crippen LogP contribution in [0.5, 0.6) is 0 Å². The van der Waals surface area contributed by atoms with Gasteiger partial charge in [-0.2, -0.15) is 0 Å². The van der Waals surface area contributed by atoms with Crippen LogP contribution in [-0.2, 0) is 10.8 Å². The summed E-state index contributed by atoms with van der Waals surface area (Å²) in [7, 11) is -2.55. The number of hydrogen-bond donors (Lipinski definition) is 0. The van der Waals surface area contributed by atoms with E-state index in [1.165, 1.54) is 27.1 Å². The third-order valence-electron chi connectivity index (χ3n) is 8.57. The van der Waals surface area contributed by atoms with Crippen molar-refractivity contribution in [3.63, 3.8) is 0 Å². The fourth-order valence-corrected chi connectivity index (χ4v) is 12.0. The highest BCUT2D eigenvalue weighted by Gasteiger charge is 2.54. The smallest absolute Gasteiger partial charge is 0.261 e. The van der Waals surface area contributed by atoms with Crippen LogP contribution in [0.1, 0.15) is 58.1 Å². The van der Waals surface area contributed by atoms with Crippen molar-refractivity contribution in [1.29, 1.82) is 0 Å². The highest BCUT2D eigenvalue weighted by molar-refractivity contribution is 9.10. The summed E-state index contributed by atoms with van der Waals surface area (Å²) >= 11 is 3.67. The van der Waals surface area contributed by atoms with Crippen molar-refractivity contribution in [3.05, 3.63) is 101 Å². The lowest BCUT2D eigenvalue weighted by Gasteiger charge is -2.49. The van der Waals surface area contributed by atoms with Crippen LogP contribution in [0.15, 0.2) is 89.9 Å². The first-order valence-electron chi connectivity index (χ1n) is 12.9. The van der Waals surface area contributed by atoms with E-state index in [1.807, 2.05) is 0 Å². The second-order valence-electron chi connectivity index (χ2n) is 11.8. The molecule has 1 spiro atoms. The minimum absolute atomic E-state index is 0.00400. The predicted molar refractivity (Wildman–Crippen MR) is 155 cm³/mol. The molecule has 0 heterocycles. The van der Waals surface area contributed by atoms with Crippen LogP contribution in [0.25, 0.3) is 5.57 Å². The summed E-state index contributed by atoms with van der Waals surface area (Å²) in [6.07, 6.45) is 4.73. The quantitative estimate of drug-likeness (QED) is 0.305. The number of allylic oxidation sites excluding steroid dienone is 1. The summed E-state index contributed by atoms with van der Waals surface area (Å²) in [6, 6.07) is 28.8. The van der Waals surface area contributed by atoms with E-state index in [4.69, 9.17) is 4.43 Å². The topological polar surface area (TPSA) is 9.23 Å². The van der Waals surface area contributed by atoms with E-state index in [9.17, 15) is 0 Å². The van der Waals surface area contributed by atoms with Crippen molar-refractivity contribution in [1.82, 2.24) is 0 Å². The highest BCUT2D eigenvalue weighted by atomic mass is 79.9. The normalized spacial score (nSPS) is 24.5. The van der Waals surface area contributed by atoms with Crippen LogP contribution < -0.4 is 10.4 Å². The highest BCUT2D eigenvalue weighted by Crippen LogP contribution is 2.56. The third kappa shape index (κ3) is 4.20. The molecule has 35 heavy (non-hydrogen) atoms. The Balaban J connectivity index is 1.49. The van der Waals surface area contributed by atoms with Gasteiger partial charge in [-0.1, -0.05) is 117 Å². The Bertz CT molecular complexity index is 1170. The lowest BCUT2D eigenvalue weighted by atomic mass is 9.65. The lowest BCUT2D eigenvalue weighted by Crippen LogP contribution is -2.68. The molecule has 2 aliphatic carbocycles. The first kappa shape index (κ1) is 24.7. The number of rotatable bonds is 4. The fraction of sp³-hybridized carbons (Fsp3) is 0.375. The minimum atomic E-state index is -2.55. The maximum atomic E-state index is 7.56. The van der Waals surface area contributed by atoms with Crippen molar-refractivity contribution in [2.24, 2.45) is 11.3 Å². The zero-order valence-corrected chi connectivity index (χ0v) is 24.1. The van der Waals surface area contributed by atoms with Gasteiger partial charge in [-0.3, -0.25) is 0 Å². The summed E-state index contributed by atoms with van der Waals surface area (Å²) in [5, 5.41) is 2.74. The molecule has 0 N–H and O–H groups in total. The number of hydrogen-bond acceptors (Lipinski definition) is 1. The molecule has 1 fully saturated rings. The molecule has 0 aromatic heterocycles. The van der Waals surface area contributed by atoms with Gasteiger partial charge in [0.05, 0.1) is 0 Å². The molecule has 0 radical (unpaired) electrons. The molecule has 3 aromatic carbocycles. The van der Waals surface area contributed by atoms with Gasteiger partial charge in [0, 0.05) is 10.6 Å². The molecule has 1 saturated carbocycles. The molecule has 0 saturated heterocycles. The van der Waals surface area contributed by atoms with E-state index in [2.05, 4.69) is 129 Å². The number of fused-ring (bicyclic) bond motifs is 1. The zero-order valence-electron chi connectivity index (χ0n) is 21.5. The van der Waals surface area contributed by atoms with E-state index in [0.29, 0.717) is 5.92 Å². The average Bonchev–Trinajstić information content (AvgIpc) is 3.09.